The molecule has 3 N–H and O–H groups in total. The van der Waals surface area contributed by atoms with Gasteiger partial charge in [-0.15, -0.1) is 0 Å². The number of carbonyl (C=O) groups is 1. The number of benzene rings is 1. The predicted octanol–water partition coefficient (Wildman–Crippen LogP) is 2.07. The Bertz CT molecular complexity index is 341. The summed E-state index contributed by atoms with van der Waals surface area (Å²) in [6.45, 7) is 0. The molecule has 1 rings (SSSR count). The molecule has 0 radical (unpaired) electrons. The van der Waals surface area contributed by atoms with E-state index in [1.807, 2.05) is 18.2 Å². The third-order valence-electron chi connectivity index (χ3n) is 2.17. The highest BCUT2D eigenvalue weighted by atomic mass is 35.5. The van der Waals surface area contributed by atoms with Crippen molar-refractivity contribution in [3.05, 3.63) is 34.9 Å². The highest BCUT2D eigenvalue weighted by Crippen LogP contribution is 2.17. The van der Waals surface area contributed by atoms with E-state index in [-0.39, 0.29) is 12.5 Å². The van der Waals surface area contributed by atoms with Crippen molar-refractivity contribution in [2.45, 2.75) is 25.3 Å². The second kappa shape index (κ2) is 5.73. The van der Waals surface area contributed by atoms with Crippen molar-refractivity contribution < 1.29 is 9.90 Å². The van der Waals surface area contributed by atoms with Crippen LogP contribution in [0.1, 0.15) is 18.4 Å². The molecule has 0 heterocycles. The Morgan fingerprint density at radius 2 is 2.13 bits per heavy atom. The molecule has 0 fully saturated rings. The van der Waals surface area contributed by atoms with Gasteiger partial charge in [-0.25, -0.2) is 0 Å². The summed E-state index contributed by atoms with van der Waals surface area (Å²) in [7, 11) is 0. The van der Waals surface area contributed by atoms with E-state index in [1.165, 1.54) is 0 Å². The van der Waals surface area contributed by atoms with Gasteiger partial charge >= 0.3 is 5.97 Å². The largest absolute Gasteiger partial charge is 0.481 e. The Labute approximate surface area is 93.9 Å². The predicted molar refractivity (Wildman–Crippen MR) is 60.0 cm³/mol. The Hall–Kier alpha value is -1.06. The highest BCUT2D eigenvalue weighted by molar-refractivity contribution is 6.31. The van der Waals surface area contributed by atoms with Gasteiger partial charge in [0.05, 0.1) is 0 Å². The summed E-state index contributed by atoms with van der Waals surface area (Å²) in [6.07, 6.45) is 1.19. The number of hydrogen-bond acceptors (Lipinski definition) is 2. The molecule has 15 heavy (non-hydrogen) atoms. The Kier molecular flexibility index (Phi) is 4.59. The zero-order valence-corrected chi connectivity index (χ0v) is 9.07. The molecule has 82 valence electrons. The standard InChI is InChI=1S/C11H14ClNO2/c12-10-4-2-1-3-8(10)7-9(13)5-6-11(14)15/h1-4,9H,5-7,13H2,(H,14,15)/t9-/m1/s1. The van der Waals surface area contributed by atoms with Gasteiger partial charge in [0.25, 0.3) is 0 Å². The summed E-state index contributed by atoms with van der Waals surface area (Å²) < 4.78 is 0. The van der Waals surface area contributed by atoms with Crippen molar-refractivity contribution in [3.63, 3.8) is 0 Å². The highest BCUT2D eigenvalue weighted by Gasteiger charge is 2.08. The van der Waals surface area contributed by atoms with Crippen molar-refractivity contribution >= 4 is 17.6 Å². The number of aliphatic carboxylic acids is 1. The molecule has 0 bridgehead atoms. The first-order valence-corrected chi connectivity index (χ1v) is 5.18. The van der Waals surface area contributed by atoms with Crippen molar-refractivity contribution in [2.75, 3.05) is 0 Å². The van der Waals surface area contributed by atoms with E-state index in [1.54, 1.807) is 6.07 Å². The first-order chi connectivity index (χ1) is 7.09. The first-order valence-electron chi connectivity index (χ1n) is 4.80. The van der Waals surface area contributed by atoms with Gasteiger partial charge in [-0.3, -0.25) is 4.79 Å². The van der Waals surface area contributed by atoms with Gasteiger partial charge in [0.2, 0.25) is 0 Å². The minimum absolute atomic E-state index is 0.103. The quantitative estimate of drug-likeness (QED) is 0.810. The van der Waals surface area contributed by atoms with Crippen LogP contribution in [0, 0.1) is 0 Å². The number of rotatable bonds is 5. The molecule has 1 aromatic carbocycles. The molecule has 1 atom stereocenters. The lowest BCUT2D eigenvalue weighted by molar-refractivity contribution is -0.137. The summed E-state index contributed by atoms with van der Waals surface area (Å²) in [6, 6.07) is 7.31. The monoisotopic (exact) mass is 227 g/mol. The lowest BCUT2D eigenvalue weighted by Gasteiger charge is -2.11. The Balaban J connectivity index is 2.47. The minimum atomic E-state index is -0.815. The minimum Gasteiger partial charge on any atom is -0.481 e. The Morgan fingerprint density at radius 3 is 2.73 bits per heavy atom. The summed E-state index contributed by atoms with van der Waals surface area (Å²) in [5.41, 5.74) is 6.77. The molecular formula is C11H14ClNO2. The van der Waals surface area contributed by atoms with Crippen LogP contribution in [0.2, 0.25) is 5.02 Å². The third kappa shape index (κ3) is 4.32. The molecule has 0 saturated carbocycles. The summed E-state index contributed by atoms with van der Waals surface area (Å²) in [5.74, 6) is -0.815. The van der Waals surface area contributed by atoms with Crippen LogP contribution in [0.4, 0.5) is 0 Å². The molecule has 0 saturated heterocycles. The maximum atomic E-state index is 10.3. The van der Waals surface area contributed by atoms with Crippen LogP contribution in [0.5, 0.6) is 0 Å². The van der Waals surface area contributed by atoms with E-state index in [0.29, 0.717) is 17.9 Å². The molecule has 0 aliphatic rings. The zero-order valence-electron chi connectivity index (χ0n) is 8.32. The topological polar surface area (TPSA) is 63.3 Å². The van der Waals surface area contributed by atoms with Crippen LogP contribution in [0.3, 0.4) is 0 Å². The maximum Gasteiger partial charge on any atom is 0.303 e. The van der Waals surface area contributed by atoms with Gasteiger partial charge in [0, 0.05) is 17.5 Å². The summed E-state index contributed by atoms with van der Waals surface area (Å²) in [5, 5.41) is 9.19. The van der Waals surface area contributed by atoms with Crippen LogP contribution in [0.15, 0.2) is 24.3 Å². The van der Waals surface area contributed by atoms with Crippen molar-refractivity contribution in [1.82, 2.24) is 0 Å². The second-order valence-corrected chi connectivity index (χ2v) is 3.90. The fourth-order valence-electron chi connectivity index (χ4n) is 1.36. The lowest BCUT2D eigenvalue weighted by atomic mass is 10.0. The number of carboxylic acid groups (broad SMARTS) is 1. The number of halogens is 1. The van der Waals surface area contributed by atoms with Gasteiger partial charge in [-0.2, -0.15) is 0 Å². The van der Waals surface area contributed by atoms with E-state index in [4.69, 9.17) is 22.4 Å². The first kappa shape index (κ1) is 12.0. The molecular weight excluding hydrogens is 214 g/mol. The molecule has 1 aromatic rings. The molecule has 4 heteroatoms. The third-order valence-corrected chi connectivity index (χ3v) is 2.54. The van der Waals surface area contributed by atoms with E-state index < -0.39 is 5.97 Å². The van der Waals surface area contributed by atoms with E-state index >= 15 is 0 Å². The summed E-state index contributed by atoms with van der Waals surface area (Å²) >= 11 is 5.96. The molecule has 3 nitrogen and oxygen atoms in total. The van der Waals surface area contributed by atoms with Crippen LogP contribution in [-0.4, -0.2) is 17.1 Å². The van der Waals surface area contributed by atoms with Crippen LogP contribution in [0.25, 0.3) is 0 Å². The van der Waals surface area contributed by atoms with E-state index in [9.17, 15) is 4.79 Å². The van der Waals surface area contributed by atoms with E-state index in [2.05, 4.69) is 0 Å². The number of nitrogens with two attached hydrogens (primary N) is 1. The second-order valence-electron chi connectivity index (χ2n) is 3.49. The SMILES string of the molecule is N[C@H](CCC(=O)O)Cc1ccccc1Cl. The zero-order chi connectivity index (χ0) is 11.3. The van der Waals surface area contributed by atoms with Gasteiger partial charge in [-0.05, 0) is 24.5 Å². The van der Waals surface area contributed by atoms with Crippen molar-refractivity contribution in [3.8, 4) is 0 Å². The van der Waals surface area contributed by atoms with Crippen LogP contribution in [-0.2, 0) is 11.2 Å². The number of hydrogen-bond donors (Lipinski definition) is 2. The average molecular weight is 228 g/mol. The lowest BCUT2D eigenvalue weighted by Crippen LogP contribution is -2.23. The fraction of sp³-hybridized carbons (Fsp3) is 0.364. The number of carboxylic acids is 1. The molecule has 0 aromatic heterocycles. The maximum absolute atomic E-state index is 10.3. The molecule has 0 unspecified atom stereocenters. The van der Waals surface area contributed by atoms with Gasteiger partial charge in [-0.1, -0.05) is 29.8 Å². The Morgan fingerprint density at radius 1 is 1.47 bits per heavy atom. The van der Waals surface area contributed by atoms with Gasteiger partial charge in [0.1, 0.15) is 0 Å². The van der Waals surface area contributed by atoms with Crippen molar-refractivity contribution in [2.24, 2.45) is 5.73 Å². The van der Waals surface area contributed by atoms with Gasteiger partial charge < -0.3 is 10.8 Å². The van der Waals surface area contributed by atoms with E-state index in [0.717, 1.165) is 5.56 Å². The van der Waals surface area contributed by atoms with Crippen molar-refractivity contribution in [1.29, 1.82) is 0 Å². The molecule has 0 amide bonds. The normalized spacial score (nSPS) is 12.4. The molecule has 0 spiro atoms. The van der Waals surface area contributed by atoms with Gasteiger partial charge in [0.15, 0.2) is 0 Å². The average Bonchev–Trinajstić information content (AvgIpc) is 2.18. The summed E-state index contributed by atoms with van der Waals surface area (Å²) in [4.78, 5) is 10.3. The van der Waals surface area contributed by atoms with Crippen LogP contribution < -0.4 is 5.73 Å². The molecule has 0 aliphatic carbocycles. The fourth-order valence-corrected chi connectivity index (χ4v) is 1.57. The van der Waals surface area contributed by atoms with Crippen LogP contribution >= 0.6 is 11.6 Å². The smallest absolute Gasteiger partial charge is 0.303 e. The molecule has 0 aliphatic heterocycles.